The molecule has 1 aromatic carbocycles. The van der Waals surface area contributed by atoms with Gasteiger partial charge in [0.1, 0.15) is 11.4 Å². The fourth-order valence-electron chi connectivity index (χ4n) is 3.06. The van der Waals surface area contributed by atoms with E-state index in [4.69, 9.17) is 13.6 Å². The molecule has 0 atom stereocenters. The van der Waals surface area contributed by atoms with Crippen LogP contribution in [0, 0.1) is 0 Å². The van der Waals surface area contributed by atoms with Crippen molar-refractivity contribution in [2.45, 2.75) is 18.9 Å². The van der Waals surface area contributed by atoms with Crippen LogP contribution in [0.1, 0.15) is 23.2 Å². The maximum atomic E-state index is 12.4. The quantitative estimate of drug-likeness (QED) is 0.490. The number of fused-ring (bicyclic) bond motifs is 1. The molecule has 0 unspecified atom stereocenters. The van der Waals surface area contributed by atoms with Crippen LogP contribution < -0.4 is 5.32 Å². The van der Waals surface area contributed by atoms with Crippen LogP contribution in [-0.4, -0.2) is 34.5 Å². The van der Waals surface area contributed by atoms with E-state index in [1.807, 2.05) is 0 Å². The van der Waals surface area contributed by atoms with E-state index in [1.165, 1.54) is 0 Å². The molecule has 1 fully saturated rings. The van der Waals surface area contributed by atoms with E-state index in [-0.39, 0.29) is 24.1 Å². The third-order valence-corrected chi connectivity index (χ3v) is 4.69. The molecule has 0 bridgehead atoms. The first-order chi connectivity index (χ1) is 14.7. The van der Waals surface area contributed by atoms with Crippen molar-refractivity contribution in [3.63, 3.8) is 0 Å². The average Bonchev–Trinajstić information content (AvgIpc) is 3.22. The summed E-state index contributed by atoms with van der Waals surface area (Å²) >= 11 is 0. The van der Waals surface area contributed by atoms with Crippen LogP contribution in [0.15, 0.2) is 63.8 Å². The highest BCUT2D eigenvalue weighted by molar-refractivity contribution is 5.95. The maximum Gasteiger partial charge on any atom is 0.338 e. The SMILES string of the molecule is O=C(COC(=O)c1ccc2nc(-c3ccco3)c(-c3ccco3)nc2c1)NC1CC1. The first kappa shape index (κ1) is 18.1. The Morgan fingerprint density at radius 1 is 0.967 bits per heavy atom. The van der Waals surface area contributed by atoms with Gasteiger partial charge >= 0.3 is 5.97 Å². The van der Waals surface area contributed by atoms with E-state index in [9.17, 15) is 9.59 Å². The van der Waals surface area contributed by atoms with Gasteiger partial charge in [0.15, 0.2) is 18.1 Å². The molecule has 1 aliphatic carbocycles. The van der Waals surface area contributed by atoms with Crippen molar-refractivity contribution < 1.29 is 23.2 Å². The van der Waals surface area contributed by atoms with Gasteiger partial charge in [-0.3, -0.25) is 4.79 Å². The molecule has 1 saturated carbocycles. The Morgan fingerprint density at radius 3 is 2.23 bits per heavy atom. The number of carbonyl (C=O) groups excluding carboxylic acids is 2. The van der Waals surface area contributed by atoms with E-state index in [2.05, 4.69) is 15.3 Å². The van der Waals surface area contributed by atoms with Gasteiger partial charge in [0.2, 0.25) is 0 Å². The minimum atomic E-state index is -0.598. The van der Waals surface area contributed by atoms with Gasteiger partial charge in [-0.25, -0.2) is 14.8 Å². The first-order valence-corrected chi connectivity index (χ1v) is 9.53. The predicted molar refractivity (Wildman–Crippen MR) is 106 cm³/mol. The fourth-order valence-corrected chi connectivity index (χ4v) is 3.06. The average molecular weight is 403 g/mol. The van der Waals surface area contributed by atoms with Gasteiger partial charge in [-0.05, 0) is 55.3 Å². The highest BCUT2D eigenvalue weighted by Crippen LogP contribution is 2.31. The number of hydrogen-bond acceptors (Lipinski definition) is 7. The Morgan fingerprint density at radius 2 is 1.63 bits per heavy atom. The number of furan rings is 2. The monoisotopic (exact) mass is 403 g/mol. The summed E-state index contributed by atoms with van der Waals surface area (Å²) in [6.45, 7) is -0.311. The van der Waals surface area contributed by atoms with Crippen LogP contribution in [0.2, 0.25) is 0 Å². The lowest BCUT2D eigenvalue weighted by atomic mass is 10.1. The van der Waals surface area contributed by atoms with E-state index < -0.39 is 5.97 Å². The molecule has 1 N–H and O–H groups in total. The second-order valence-electron chi connectivity index (χ2n) is 7.00. The molecular formula is C22H17N3O5. The summed E-state index contributed by atoms with van der Waals surface area (Å²) in [6.07, 6.45) is 5.06. The standard InChI is InChI=1S/C22H17N3O5/c26-19(23-14-6-7-14)12-30-22(27)13-5-8-15-16(11-13)25-21(18-4-2-10-29-18)20(24-15)17-3-1-9-28-17/h1-5,8-11,14H,6-7,12H2,(H,23,26). The van der Waals surface area contributed by atoms with E-state index in [0.29, 0.717) is 33.9 Å². The van der Waals surface area contributed by atoms with Crippen LogP contribution in [0.3, 0.4) is 0 Å². The number of ether oxygens (including phenoxy) is 1. The van der Waals surface area contributed by atoms with Crippen LogP contribution in [0.4, 0.5) is 0 Å². The Hall–Kier alpha value is -3.94. The molecule has 0 aliphatic heterocycles. The van der Waals surface area contributed by atoms with Crippen molar-refractivity contribution >= 4 is 22.9 Å². The minimum Gasteiger partial charge on any atom is -0.463 e. The molecule has 0 saturated heterocycles. The van der Waals surface area contributed by atoms with Crippen molar-refractivity contribution in [1.29, 1.82) is 0 Å². The Kier molecular flexibility index (Phi) is 4.51. The number of rotatable bonds is 6. The summed E-state index contributed by atoms with van der Waals surface area (Å²) in [7, 11) is 0. The number of benzene rings is 1. The van der Waals surface area contributed by atoms with Crippen molar-refractivity contribution in [2.24, 2.45) is 0 Å². The van der Waals surface area contributed by atoms with Crippen LogP contribution in [0.5, 0.6) is 0 Å². The second-order valence-corrected chi connectivity index (χ2v) is 7.00. The first-order valence-electron chi connectivity index (χ1n) is 9.53. The number of amides is 1. The number of nitrogens with one attached hydrogen (secondary N) is 1. The molecule has 4 aromatic rings. The molecule has 3 heterocycles. The largest absolute Gasteiger partial charge is 0.463 e. The van der Waals surface area contributed by atoms with Gasteiger partial charge in [-0.15, -0.1) is 0 Å². The molecular weight excluding hydrogens is 386 g/mol. The molecule has 8 nitrogen and oxygen atoms in total. The topological polar surface area (TPSA) is 107 Å². The minimum absolute atomic E-state index is 0.218. The van der Waals surface area contributed by atoms with Crippen molar-refractivity contribution in [1.82, 2.24) is 15.3 Å². The lowest BCUT2D eigenvalue weighted by Gasteiger charge is -2.08. The van der Waals surface area contributed by atoms with Gasteiger partial charge in [0, 0.05) is 6.04 Å². The molecule has 1 aliphatic rings. The Labute approximate surface area is 170 Å². The normalized spacial score (nSPS) is 13.3. The number of aromatic nitrogens is 2. The molecule has 8 heteroatoms. The van der Waals surface area contributed by atoms with Crippen LogP contribution >= 0.6 is 0 Å². The summed E-state index contributed by atoms with van der Waals surface area (Å²) in [5.41, 5.74) is 2.40. The fraction of sp³-hybridized carbons (Fsp3) is 0.182. The maximum absolute atomic E-state index is 12.4. The second kappa shape index (κ2) is 7.47. The zero-order valence-electron chi connectivity index (χ0n) is 15.8. The van der Waals surface area contributed by atoms with E-state index >= 15 is 0 Å². The van der Waals surface area contributed by atoms with Crippen molar-refractivity contribution in [3.05, 3.63) is 60.6 Å². The molecule has 0 radical (unpaired) electrons. The van der Waals surface area contributed by atoms with E-state index in [1.54, 1.807) is 55.0 Å². The lowest BCUT2D eigenvalue weighted by Crippen LogP contribution is -2.30. The highest BCUT2D eigenvalue weighted by Gasteiger charge is 2.24. The van der Waals surface area contributed by atoms with Gasteiger partial charge in [0.25, 0.3) is 5.91 Å². The van der Waals surface area contributed by atoms with Gasteiger partial charge in [-0.1, -0.05) is 0 Å². The molecule has 1 amide bonds. The summed E-state index contributed by atoms with van der Waals surface area (Å²) in [5.74, 6) is 0.190. The molecule has 150 valence electrons. The molecule has 30 heavy (non-hydrogen) atoms. The van der Waals surface area contributed by atoms with Crippen molar-refractivity contribution in [2.75, 3.05) is 6.61 Å². The highest BCUT2D eigenvalue weighted by atomic mass is 16.5. The number of hydrogen-bond donors (Lipinski definition) is 1. The number of nitrogens with zero attached hydrogens (tertiary/aromatic N) is 2. The molecule has 5 rings (SSSR count). The van der Waals surface area contributed by atoms with Crippen molar-refractivity contribution in [3.8, 4) is 22.9 Å². The predicted octanol–water partition coefficient (Wildman–Crippen LogP) is 3.59. The molecule has 3 aromatic heterocycles. The van der Waals surface area contributed by atoms with Gasteiger partial charge < -0.3 is 18.9 Å². The van der Waals surface area contributed by atoms with E-state index in [0.717, 1.165) is 12.8 Å². The zero-order chi connectivity index (χ0) is 20.5. The lowest BCUT2D eigenvalue weighted by molar-refractivity contribution is -0.124. The van der Waals surface area contributed by atoms with Gasteiger partial charge in [-0.2, -0.15) is 0 Å². The zero-order valence-corrected chi connectivity index (χ0v) is 15.8. The summed E-state index contributed by atoms with van der Waals surface area (Å²) < 4.78 is 16.1. The number of esters is 1. The van der Waals surface area contributed by atoms with Crippen LogP contribution in [0.25, 0.3) is 33.9 Å². The third kappa shape index (κ3) is 3.67. The van der Waals surface area contributed by atoms with Gasteiger partial charge in [0.05, 0.1) is 29.1 Å². The third-order valence-electron chi connectivity index (χ3n) is 4.69. The molecule has 0 spiro atoms. The number of carbonyl (C=O) groups is 2. The smallest absolute Gasteiger partial charge is 0.338 e. The Balaban J connectivity index is 1.45. The Bertz CT molecular complexity index is 1210. The van der Waals surface area contributed by atoms with Crippen LogP contribution in [-0.2, 0) is 9.53 Å². The summed E-state index contributed by atoms with van der Waals surface area (Å²) in [6, 6.07) is 12.2. The summed E-state index contributed by atoms with van der Waals surface area (Å²) in [4.78, 5) is 33.4. The summed E-state index contributed by atoms with van der Waals surface area (Å²) in [5, 5.41) is 2.78.